The third-order valence-electron chi connectivity index (χ3n) is 4.55. The second-order valence-corrected chi connectivity index (χ2v) is 8.44. The summed E-state index contributed by atoms with van der Waals surface area (Å²) in [7, 11) is -3.30. The van der Waals surface area contributed by atoms with Crippen LogP contribution in [0.15, 0.2) is 24.3 Å². The van der Waals surface area contributed by atoms with E-state index in [-0.39, 0.29) is 56.1 Å². The van der Waals surface area contributed by atoms with Crippen LogP contribution in [0.2, 0.25) is 0 Å². The van der Waals surface area contributed by atoms with Gasteiger partial charge in [0.05, 0.1) is 23.8 Å². The monoisotopic (exact) mass is 409 g/mol. The summed E-state index contributed by atoms with van der Waals surface area (Å²) < 4.78 is 24.2. The third-order valence-corrected chi connectivity index (χ3v) is 5.86. The van der Waals surface area contributed by atoms with Crippen LogP contribution in [0, 0.1) is 0 Å². The number of sulfonamides is 1. The lowest BCUT2D eigenvalue weighted by atomic mass is 10.1. The van der Waals surface area contributed by atoms with Gasteiger partial charge in [0, 0.05) is 32.6 Å². The van der Waals surface area contributed by atoms with Crippen LogP contribution < -0.4 is 0 Å². The Morgan fingerprint density at radius 2 is 1.50 bits per heavy atom. The summed E-state index contributed by atoms with van der Waals surface area (Å²) in [4.78, 5) is 54.8. The Hall–Kier alpha value is -2.79. The summed E-state index contributed by atoms with van der Waals surface area (Å²) in [5.41, 5.74) is 0.306. The molecule has 1 aromatic carbocycles. The summed E-state index contributed by atoms with van der Waals surface area (Å²) in [6.07, 6.45) is 0.638. The molecule has 1 aromatic rings. The van der Waals surface area contributed by atoms with Crippen LogP contribution >= 0.6 is 0 Å². The first-order chi connectivity index (χ1) is 13.2. The zero-order valence-corrected chi connectivity index (χ0v) is 16.0. The van der Waals surface area contributed by atoms with E-state index in [1.165, 1.54) is 21.3 Å². The summed E-state index contributed by atoms with van der Waals surface area (Å²) in [5.74, 6) is -2.65. The van der Waals surface area contributed by atoms with E-state index in [2.05, 4.69) is 0 Å². The number of hydroxylamine groups is 2. The molecule has 2 heterocycles. The largest absolute Gasteiger partial charge is 0.340 e. The summed E-state index contributed by atoms with van der Waals surface area (Å²) >= 11 is 0. The first-order valence-corrected chi connectivity index (χ1v) is 10.4. The molecule has 11 heteroatoms. The SMILES string of the molecule is CS(=O)(=O)N1CCN(C(=O)CCC(=O)ON2C(=O)c3ccccc3C2=O)CC1. The smallest absolute Gasteiger partial charge is 0.333 e. The van der Waals surface area contributed by atoms with E-state index in [0.717, 1.165) is 6.26 Å². The Kier molecular flexibility index (Phi) is 5.47. The molecule has 3 amide bonds. The Morgan fingerprint density at radius 3 is 2.00 bits per heavy atom. The van der Waals surface area contributed by atoms with Crippen LogP contribution in [-0.4, -0.2) is 78.8 Å². The molecule has 10 nitrogen and oxygen atoms in total. The Balaban J connectivity index is 1.48. The predicted octanol–water partition coefficient (Wildman–Crippen LogP) is -0.375. The number of nitrogens with zero attached hydrogens (tertiary/aromatic N) is 3. The number of carbonyl (C=O) groups excluding carboxylic acids is 4. The van der Waals surface area contributed by atoms with Crippen LogP contribution in [0.5, 0.6) is 0 Å². The highest BCUT2D eigenvalue weighted by atomic mass is 32.2. The first kappa shape index (κ1) is 20.0. The molecule has 0 aliphatic carbocycles. The van der Waals surface area contributed by atoms with Gasteiger partial charge in [-0.2, -0.15) is 4.31 Å². The maximum Gasteiger partial charge on any atom is 0.333 e. The van der Waals surface area contributed by atoms with E-state index >= 15 is 0 Å². The number of hydrogen-bond acceptors (Lipinski definition) is 7. The van der Waals surface area contributed by atoms with Gasteiger partial charge in [0.2, 0.25) is 15.9 Å². The average molecular weight is 409 g/mol. The van der Waals surface area contributed by atoms with Crippen molar-refractivity contribution in [3.05, 3.63) is 35.4 Å². The number of piperazine rings is 1. The number of hydrogen-bond donors (Lipinski definition) is 0. The van der Waals surface area contributed by atoms with E-state index in [4.69, 9.17) is 4.84 Å². The van der Waals surface area contributed by atoms with Crippen molar-refractivity contribution in [1.29, 1.82) is 0 Å². The van der Waals surface area contributed by atoms with Crippen molar-refractivity contribution < 1.29 is 32.4 Å². The molecular weight excluding hydrogens is 390 g/mol. The number of fused-ring (bicyclic) bond motifs is 1. The van der Waals surface area contributed by atoms with Gasteiger partial charge in [0.1, 0.15) is 0 Å². The molecule has 1 saturated heterocycles. The van der Waals surface area contributed by atoms with Gasteiger partial charge in [-0.3, -0.25) is 14.4 Å². The fraction of sp³-hybridized carbons (Fsp3) is 0.412. The van der Waals surface area contributed by atoms with Crippen molar-refractivity contribution in [3.8, 4) is 0 Å². The van der Waals surface area contributed by atoms with E-state index < -0.39 is 27.8 Å². The van der Waals surface area contributed by atoms with Crippen molar-refractivity contribution in [2.75, 3.05) is 32.4 Å². The van der Waals surface area contributed by atoms with Gasteiger partial charge >= 0.3 is 5.97 Å². The molecule has 2 aliphatic rings. The van der Waals surface area contributed by atoms with Crippen molar-refractivity contribution in [3.63, 3.8) is 0 Å². The highest BCUT2D eigenvalue weighted by molar-refractivity contribution is 7.88. The number of benzene rings is 1. The first-order valence-electron chi connectivity index (χ1n) is 8.60. The Bertz CT molecular complexity index is 901. The van der Waals surface area contributed by atoms with Gasteiger partial charge in [-0.15, -0.1) is 0 Å². The minimum atomic E-state index is -3.30. The topological polar surface area (TPSA) is 121 Å². The zero-order chi connectivity index (χ0) is 20.5. The fourth-order valence-corrected chi connectivity index (χ4v) is 3.86. The molecule has 3 rings (SSSR count). The molecule has 0 saturated carbocycles. The maximum atomic E-state index is 12.2. The van der Waals surface area contributed by atoms with Crippen LogP contribution in [0.1, 0.15) is 33.6 Å². The van der Waals surface area contributed by atoms with Crippen LogP contribution in [0.4, 0.5) is 0 Å². The van der Waals surface area contributed by atoms with E-state index in [0.29, 0.717) is 5.06 Å². The quantitative estimate of drug-likeness (QED) is 0.608. The van der Waals surface area contributed by atoms with Gasteiger partial charge in [-0.25, -0.2) is 13.2 Å². The standard InChI is InChI=1S/C17H19N3O7S/c1-28(25,26)19-10-8-18(9-11-19)14(21)6-7-15(22)27-20-16(23)12-4-2-3-5-13(12)17(20)24/h2-5H,6-11H2,1H3. The summed E-state index contributed by atoms with van der Waals surface area (Å²) in [6, 6.07) is 6.11. The van der Waals surface area contributed by atoms with E-state index in [9.17, 15) is 27.6 Å². The van der Waals surface area contributed by atoms with Crippen molar-refractivity contribution >= 4 is 33.7 Å². The summed E-state index contributed by atoms with van der Waals surface area (Å²) in [5, 5.41) is 0.405. The van der Waals surface area contributed by atoms with Gasteiger partial charge < -0.3 is 9.74 Å². The van der Waals surface area contributed by atoms with Crippen molar-refractivity contribution in [1.82, 2.24) is 14.3 Å². The second-order valence-electron chi connectivity index (χ2n) is 6.46. The number of carbonyl (C=O) groups is 4. The normalized spacial score (nSPS) is 17.6. The van der Waals surface area contributed by atoms with Crippen LogP contribution in [0.3, 0.4) is 0 Å². The predicted molar refractivity (Wildman–Crippen MR) is 95.3 cm³/mol. The minimum absolute atomic E-state index is 0.153. The number of imide groups is 1. The molecule has 0 unspecified atom stereocenters. The lowest BCUT2D eigenvalue weighted by Crippen LogP contribution is -2.50. The Morgan fingerprint density at radius 1 is 0.964 bits per heavy atom. The highest BCUT2D eigenvalue weighted by Crippen LogP contribution is 2.23. The lowest BCUT2D eigenvalue weighted by Gasteiger charge is -2.33. The maximum absolute atomic E-state index is 12.2. The molecule has 0 N–H and O–H groups in total. The molecule has 0 radical (unpaired) electrons. The van der Waals surface area contributed by atoms with Gasteiger partial charge in [0.15, 0.2) is 0 Å². The van der Waals surface area contributed by atoms with Crippen molar-refractivity contribution in [2.45, 2.75) is 12.8 Å². The molecule has 0 bridgehead atoms. The molecule has 0 spiro atoms. The van der Waals surface area contributed by atoms with Crippen LogP contribution in [-0.2, 0) is 24.4 Å². The fourth-order valence-electron chi connectivity index (χ4n) is 3.03. The van der Waals surface area contributed by atoms with Gasteiger partial charge in [0.25, 0.3) is 11.8 Å². The number of rotatable bonds is 5. The van der Waals surface area contributed by atoms with Gasteiger partial charge in [-0.05, 0) is 12.1 Å². The minimum Gasteiger partial charge on any atom is -0.340 e. The molecule has 0 aromatic heterocycles. The zero-order valence-electron chi connectivity index (χ0n) is 15.2. The molecule has 1 fully saturated rings. The molecule has 150 valence electrons. The van der Waals surface area contributed by atoms with Gasteiger partial charge in [-0.1, -0.05) is 17.2 Å². The van der Waals surface area contributed by atoms with E-state index in [1.807, 2.05) is 0 Å². The lowest BCUT2D eigenvalue weighted by molar-refractivity contribution is -0.169. The highest BCUT2D eigenvalue weighted by Gasteiger charge is 2.38. The molecule has 2 aliphatic heterocycles. The van der Waals surface area contributed by atoms with Crippen LogP contribution in [0.25, 0.3) is 0 Å². The van der Waals surface area contributed by atoms with E-state index in [1.54, 1.807) is 12.1 Å². The average Bonchev–Trinajstić information content (AvgIpc) is 2.91. The number of amides is 3. The molecule has 0 atom stereocenters. The third kappa shape index (κ3) is 4.04. The second kappa shape index (κ2) is 7.68. The summed E-state index contributed by atoms with van der Waals surface area (Å²) in [6.45, 7) is 0.868. The molecule has 28 heavy (non-hydrogen) atoms. The van der Waals surface area contributed by atoms with Crippen molar-refractivity contribution in [2.24, 2.45) is 0 Å². The Labute approximate surface area is 161 Å². The molecular formula is C17H19N3O7S.